The molecule has 0 spiro atoms. The molecule has 84 valence electrons. The Kier molecular flexibility index (Phi) is 4.84. The van der Waals surface area contributed by atoms with Crippen molar-refractivity contribution in [3.63, 3.8) is 0 Å². The van der Waals surface area contributed by atoms with Crippen LogP contribution in [0.15, 0.2) is 0 Å². The van der Waals surface area contributed by atoms with Gasteiger partial charge in [-0.15, -0.1) is 0 Å². The van der Waals surface area contributed by atoms with Gasteiger partial charge in [0.25, 0.3) is 0 Å². The topological polar surface area (TPSA) is 50.1 Å². The number of esters is 1. The zero-order valence-corrected chi connectivity index (χ0v) is 11.1. The summed E-state index contributed by atoms with van der Waals surface area (Å²) in [6.07, 6.45) is 3.93. The Morgan fingerprint density at radius 2 is 2.20 bits per heavy atom. The summed E-state index contributed by atoms with van der Waals surface area (Å²) in [5, 5.41) is 8.81. The monoisotopic (exact) mass is 321 g/mol. The van der Waals surface area contributed by atoms with Crippen LogP contribution in [0.2, 0.25) is 0 Å². The number of carbonyl (C=O) groups excluding carboxylic acids is 1. The highest BCUT2D eigenvalue weighted by Crippen LogP contribution is 2.42. The molecule has 1 aliphatic carbocycles. The molecule has 0 amide bonds. The van der Waals surface area contributed by atoms with Gasteiger partial charge in [0.2, 0.25) is 0 Å². The molecule has 1 aliphatic rings. The summed E-state index contributed by atoms with van der Waals surface area (Å²) >= 11 is 2.41. The van der Waals surface area contributed by atoms with Gasteiger partial charge in [-0.1, -0.05) is 22.6 Å². The lowest BCUT2D eigenvalue weighted by Gasteiger charge is -2.34. The van der Waals surface area contributed by atoms with Gasteiger partial charge in [0.1, 0.15) is 0 Å². The molecule has 15 heavy (non-hydrogen) atoms. The van der Waals surface area contributed by atoms with E-state index in [1.165, 1.54) is 0 Å². The largest absolute Gasteiger partial charge is 0.466 e. The third-order valence-corrected chi connectivity index (χ3v) is 4.24. The molecule has 0 saturated heterocycles. The van der Waals surface area contributed by atoms with Crippen LogP contribution in [0.3, 0.4) is 0 Å². The van der Waals surface area contributed by atoms with Crippen LogP contribution < -0.4 is 0 Å². The van der Waals surface area contributed by atoms with Crippen LogP contribution in [-0.4, -0.2) is 16.5 Å². The van der Waals surface area contributed by atoms with Crippen LogP contribution in [0.25, 0.3) is 0 Å². The number of hydrogen-bond acceptors (Lipinski definition) is 3. The average Bonchev–Trinajstić information content (AvgIpc) is 2.22. The van der Waals surface area contributed by atoms with Crippen LogP contribution >= 0.6 is 22.6 Å². The van der Waals surface area contributed by atoms with Crippen molar-refractivity contribution >= 4 is 28.6 Å². The van der Waals surface area contributed by atoms with Crippen LogP contribution in [0.4, 0.5) is 0 Å². The van der Waals surface area contributed by atoms with Crippen molar-refractivity contribution in [2.45, 2.75) is 43.0 Å². The molecule has 0 aromatic heterocycles. The van der Waals surface area contributed by atoms with E-state index in [2.05, 4.69) is 28.7 Å². The zero-order valence-electron chi connectivity index (χ0n) is 8.96. The molecule has 1 fully saturated rings. The van der Waals surface area contributed by atoms with Crippen molar-refractivity contribution in [1.82, 2.24) is 0 Å². The number of rotatable bonds is 3. The van der Waals surface area contributed by atoms with E-state index in [9.17, 15) is 4.79 Å². The van der Waals surface area contributed by atoms with E-state index in [0.717, 1.165) is 25.7 Å². The number of carbonyl (C=O) groups is 1. The van der Waals surface area contributed by atoms with Crippen molar-refractivity contribution in [2.24, 2.45) is 5.41 Å². The first kappa shape index (κ1) is 12.8. The third-order valence-electron chi connectivity index (χ3n) is 3.00. The number of nitrogens with zero attached hydrogens (tertiary/aromatic N) is 1. The summed E-state index contributed by atoms with van der Waals surface area (Å²) < 4.78 is 5.72. The second-order valence-electron chi connectivity index (χ2n) is 4.01. The molecular weight excluding hydrogens is 305 g/mol. The van der Waals surface area contributed by atoms with Gasteiger partial charge < -0.3 is 4.74 Å². The van der Waals surface area contributed by atoms with Gasteiger partial charge in [0, 0.05) is 3.92 Å². The highest BCUT2D eigenvalue weighted by molar-refractivity contribution is 14.1. The fraction of sp³-hybridized carbons (Fsp3) is 0.818. The summed E-state index contributed by atoms with van der Waals surface area (Å²) in [7, 11) is 0. The second kappa shape index (κ2) is 5.69. The number of nitriles is 1. The lowest BCUT2D eigenvalue weighted by Crippen LogP contribution is -2.37. The summed E-state index contributed by atoms with van der Waals surface area (Å²) in [6, 6.07) is 2.13. The molecule has 0 aromatic rings. The first-order valence-corrected chi connectivity index (χ1v) is 6.57. The van der Waals surface area contributed by atoms with E-state index in [0.29, 0.717) is 17.0 Å². The normalized spacial score (nSPS) is 30.6. The predicted octanol–water partition coefficient (Wildman–Crippen LogP) is 2.83. The third kappa shape index (κ3) is 3.07. The molecular formula is C11H16INO2. The maximum absolute atomic E-state index is 11.8. The molecule has 4 heteroatoms. The Balaban J connectivity index is 2.71. The fourth-order valence-corrected chi connectivity index (χ4v) is 2.65. The van der Waals surface area contributed by atoms with Crippen LogP contribution in [-0.2, 0) is 9.53 Å². The van der Waals surface area contributed by atoms with E-state index < -0.39 is 5.41 Å². The molecule has 0 N–H and O–H groups in total. The van der Waals surface area contributed by atoms with Gasteiger partial charge in [-0.3, -0.25) is 4.79 Å². The lowest BCUT2D eigenvalue weighted by molar-refractivity contribution is -0.157. The zero-order chi connectivity index (χ0) is 11.3. The minimum atomic E-state index is -0.508. The molecule has 0 bridgehead atoms. The number of alkyl halides is 1. The maximum Gasteiger partial charge on any atom is 0.313 e. The smallest absolute Gasteiger partial charge is 0.313 e. The maximum atomic E-state index is 11.8. The fourth-order valence-electron chi connectivity index (χ4n) is 2.02. The Morgan fingerprint density at radius 3 is 2.67 bits per heavy atom. The van der Waals surface area contributed by atoms with E-state index in [-0.39, 0.29) is 5.97 Å². The molecule has 0 atom stereocenters. The Labute approximate surface area is 104 Å². The number of halogens is 1. The first-order chi connectivity index (χ1) is 7.14. The SMILES string of the molecule is CCOC(=O)C1(CC#N)CCC(I)CC1. The second-order valence-corrected chi connectivity index (χ2v) is 5.77. The molecule has 1 rings (SSSR count). The summed E-state index contributed by atoms with van der Waals surface area (Å²) in [6.45, 7) is 2.21. The van der Waals surface area contributed by atoms with E-state index in [4.69, 9.17) is 10.00 Å². The van der Waals surface area contributed by atoms with Crippen molar-refractivity contribution in [1.29, 1.82) is 5.26 Å². The Bertz CT molecular complexity index is 264. The highest BCUT2D eigenvalue weighted by Gasteiger charge is 2.42. The molecule has 0 heterocycles. The quantitative estimate of drug-likeness (QED) is 0.456. The van der Waals surface area contributed by atoms with E-state index in [1.54, 1.807) is 0 Å². The summed E-state index contributed by atoms with van der Waals surface area (Å²) in [5.41, 5.74) is -0.508. The van der Waals surface area contributed by atoms with Crippen LogP contribution in [0, 0.1) is 16.7 Å². The van der Waals surface area contributed by atoms with Crippen molar-refractivity contribution < 1.29 is 9.53 Å². The van der Waals surface area contributed by atoms with Crippen molar-refractivity contribution in [3.8, 4) is 6.07 Å². The Morgan fingerprint density at radius 1 is 1.60 bits per heavy atom. The van der Waals surface area contributed by atoms with E-state index in [1.807, 2.05) is 6.92 Å². The highest BCUT2D eigenvalue weighted by atomic mass is 127. The Hall–Kier alpha value is -0.310. The number of hydrogen-bond donors (Lipinski definition) is 0. The minimum absolute atomic E-state index is 0.171. The van der Waals surface area contributed by atoms with Crippen LogP contribution in [0.1, 0.15) is 39.0 Å². The molecule has 0 radical (unpaired) electrons. The predicted molar refractivity (Wildman–Crippen MR) is 65.6 cm³/mol. The molecule has 3 nitrogen and oxygen atoms in total. The lowest BCUT2D eigenvalue weighted by atomic mass is 9.72. The van der Waals surface area contributed by atoms with Crippen molar-refractivity contribution in [3.05, 3.63) is 0 Å². The van der Waals surface area contributed by atoms with Gasteiger partial charge in [-0.05, 0) is 32.6 Å². The molecule has 0 unspecified atom stereocenters. The molecule has 1 saturated carbocycles. The minimum Gasteiger partial charge on any atom is -0.466 e. The van der Waals surface area contributed by atoms with Crippen molar-refractivity contribution in [2.75, 3.05) is 6.61 Å². The van der Waals surface area contributed by atoms with Crippen LogP contribution in [0.5, 0.6) is 0 Å². The summed E-state index contributed by atoms with van der Waals surface area (Å²) in [4.78, 5) is 11.8. The number of ether oxygens (including phenoxy) is 1. The van der Waals surface area contributed by atoms with Gasteiger partial charge in [0.15, 0.2) is 0 Å². The molecule has 0 aliphatic heterocycles. The van der Waals surface area contributed by atoms with E-state index >= 15 is 0 Å². The van der Waals surface area contributed by atoms with Gasteiger partial charge >= 0.3 is 5.97 Å². The van der Waals surface area contributed by atoms with Gasteiger partial charge in [0.05, 0.1) is 24.5 Å². The standard InChI is InChI=1S/C11H16INO2/c1-2-15-10(14)11(7-8-13)5-3-9(12)4-6-11/h9H,2-7H2,1H3. The average molecular weight is 321 g/mol. The van der Waals surface area contributed by atoms with Gasteiger partial charge in [-0.2, -0.15) is 5.26 Å². The summed E-state index contributed by atoms with van der Waals surface area (Å²) in [5.74, 6) is -0.171. The molecule has 0 aromatic carbocycles. The van der Waals surface area contributed by atoms with Gasteiger partial charge in [-0.25, -0.2) is 0 Å². The first-order valence-electron chi connectivity index (χ1n) is 5.33.